The zero-order valence-corrected chi connectivity index (χ0v) is 25.7. The van der Waals surface area contributed by atoms with Gasteiger partial charge in [-0.15, -0.1) is 0 Å². The molecule has 0 heteroatoms. The van der Waals surface area contributed by atoms with Gasteiger partial charge in [-0.2, -0.15) is 0 Å². The van der Waals surface area contributed by atoms with E-state index in [1.165, 1.54) is 32.1 Å². The van der Waals surface area contributed by atoms with Gasteiger partial charge in [-0.3, -0.25) is 0 Å². The maximum Gasteiger partial charge on any atom is -0.0105 e. The van der Waals surface area contributed by atoms with Crippen LogP contribution in [-0.4, -0.2) is 0 Å². The predicted molar refractivity (Wildman–Crippen MR) is 169 cm³/mol. The monoisotopic (exact) mass is 556 g/mol. The molecule has 0 nitrogen and oxygen atoms in total. The Morgan fingerprint density at radius 2 is 0.762 bits per heavy atom. The fourth-order valence-electron chi connectivity index (χ4n) is 18.1. The van der Waals surface area contributed by atoms with Gasteiger partial charge in [0.1, 0.15) is 0 Å². The SMILES string of the molecule is C1=CC2CC1CC2C12CCC(C1)C(C1CC3C=CC1C3)(C1CC3C=CC1C3)C2(C1CC2C=CC1C2)C1CC2C=CC1C2. The number of allylic oxidation sites excluding steroid dienone is 10. The number of rotatable bonds is 5. The molecule has 0 aromatic heterocycles. The van der Waals surface area contributed by atoms with E-state index >= 15 is 0 Å². The maximum atomic E-state index is 2.83. The van der Waals surface area contributed by atoms with Crippen molar-refractivity contribution in [2.75, 3.05) is 0 Å². The Kier molecular flexibility index (Phi) is 4.42. The van der Waals surface area contributed by atoms with Gasteiger partial charge in [0.15, 0.2) is 0 Å². The molecule has 0 aliphatic heterocycles. The van der Waals surface area contributed by atoms with E-state index in [-0.39, 0.29) is 0 Å². The summed E-state index contributed by atoms with van der Waals surface area (Å²) in [5, 5.41) is 0. The molecule has 12 bridgehead atoms. The molecule has 12 aliphatic carbocycles. The zero-order valence-electron chi connectivity index (χ0n) is 25.7. The first-order valence-electron chi connectivity index (χ1n) is 19.1. The fourth-order valence-corrected chi connectivity index (χ4v) is 18.1. The Bertz CT molecular complexity index is 1300. The van der Waals surface area contributed by atoms with Gasteiger partial charge < -0.3 is 0 Å². The lowest BCUT2D eigenvalue weighted by Crippen LogP contribution is -2.68. The molecular weight excluding hydrogens is 504 g/mol. The first kappa shape index (κ1) is 24.0. The highest BCUT2D eigenvalue weighted by atomic mass is 14.9. The Morgan fingerprint density at radius 3 is 1.12 bits per heavy atom. The average molecular weight is 557 g/mol. The quantitative estimate of drug-likeness (QED) is 0.296. The lowest BCUT2D eigenvalue weighted by atomic mass is 9.31. The average Bonchev–Trinajstić information content (AvgIpc) is 3.85. The molecule has 220 valence electrons. The van der Waals surface area contributed by atoms with Gasteiger partial charge in [0, 0.05) is 0 Å². The van der Waals surface area contributed by atoms with Crippen LogP contribution in [-0.2, 0) is 0 Å². The second-order valence-electron chi connectivity index (χ2n) is 18.8. The second-order valence-corrected chi connectivity index (χ2v) is 18.8. The third-order valence-electron chi connectivity index (χ3n) is 18.3. The van der Waals surface area contributed by atoms with Gasteiger partial charge >= 0.3 is 0 Å². The van der Waals surface area contributed by atoms with Gasteiger partial charge in [-0.1, -0.05) is 60.8 Å². The van der Waals surface area contributed by atoms with Crippen LogP contribution in [0.25, 0.3) is 0 Å². The third-order valence-corrected chi connectivity index (χ3v) is 18.3. The largest absolute Gasteiger partial charge is 0.0851 e. The van der Waals surface area contributed by atoms with Crippen LogP contribution >= 0.6 is 0 Å². The van der Waals surface area contributed by atoms with E-state index in [2.05, 4.69) is 60.8 Å². The summed E-state index contributed by atoms with van der Waals surface area (Å²) in [5.74, 6) is 15.0. The summed E-state index contributed by atoms with van der Waals surface area (Å²) in [4.78, 5) is 0. The lowest BCUT2D eigenvalue weighted by Gasteiger charge is -2.72. The van der Waals surface area contributed by atoms with Crippen molar-refractivity contribution in [3.63, 3.8) is 0 Å². The van der Waals surface area contributed by atoms with Gasteiger partial charge in [0.25, 0.3) is 0 Å². The molecule has 0 N–H and O–H groups in total. The summed E-state index contributed by atoms with van der Waals surface area (Å²) < 4.78 is 0. The van der Waals surface area contributed by atoms with E-state index in [9.17, 15) is 0 Å². The minimum Gasteiger partial charge on any atom is -0.0851 e. The van der Waals surface area contributed by atoms with Crippen molar-refractivity contribution in [2.45, 2.75) is 83.5 Å². The standard InChI is InChI=1S/C42H52/c1-6-29-13-24(1)18-35(29)40-12-11-34(23-40)41(36-19-25-2-7-30(36)14-25,37-20-26-3-8-31(37)15-26)42(40,38-21-27-4-9-32(38)16-27)39-22-28-5-10-33(39)17-28/h1-10,24-39H,11-23H2. The molecule has 17 atom stereocenters. The Morgan fingerprint density at radius 1 is 0.381 bits per heavy atom. The smallest absolute Gasteiger partial charge is 0.0105 e. The summed E-state index contributed by atoms with van der Waals surface area (Å²) in [6.45, 7) is 0. The van der Waals surface area contributed by atoms with E-state index in [1.807, 2.05) is 0 Å². The highest BCUT2D eigenvalue weighted by molar-refractivity contribution is 5.38. The molecule has 0 heterocycles. The van der Waals surface area contributed by atoms with Crippen LogP contribution in [0, 0.1) is 111 Å². The van der Waals surface area contributed by atoms with Crippen LogP contribution in [0.2, 0.25) is 0 Å². The molecule has 0 saturated heterocycles. The van der Waals surface area contributed by atoms with Crippen molar-refractivity contribution in [3.05, 3.63) is 60.8 Å². The molecule has 7 fully saturated rings. The molecule has 7 saturated carbocycles. The number of fused-ring (bicyclic) bond motifs is 12. The van der Waals surface area contributed by atoms with Gasteiger partial charge in [-0.25, -0.2) is 0 Å². The van der Waals surface area contributed by atoms with E-state index in [4.69, 9.17) is 0 Å². The first-order valence-corrected chi connectivity index (χ1v) is 19.1. The van der Waals surface area contributed by atoms with Crippen LogP contribution in [0.5, 0.6) is 0 Å². The second kappa shape index (κ2) is 7.73. The molecule has 42 heavy (non-hydrogen) atoms. The van der Waals surface area contributed by atoms with Crippen LogP contribution in [0.4, 0.5) is 0 Å². The fraction of sp³-hybridized carbons (Fsp3) is 0.762. The van der Waals surface area contributed by atoms with E-state index in [1.54, 1.807) is 51.4 Å². The van der Waals surface area contributed by atoms with Crippen LogP contribution in [0.15, 0.2) is 60.8 Å². The Hall–Kier alpha value is -1.30. The zero-order chi connectivity index (χ0) is 27.0. The molecule has 12 aliphatic rings. The summed E-state index contributed by atoms with van der Waals surface area (Å²) in [6.07, 6.45) is 47.8. The molecule has 0 amide bonds. The van der Waals surface area contributed by atoms with Crippen molar-refractivity contribution in [2.24, 2.45) is 111 Å². The topological polar surface area (TPSA) is 0 Å². The number of hydrogen-bond donors (Lipinski definition) is 0. The summed E-state index contributed by atoms with van der Waals surface area (Å²) in [5.41, 5.74) is 1.79. The minimum atomic E-state index is 0.576. The van der Waals surface area contributed by atoms with Crippen molar-refractivity contribution < 1.29 is 0 Å². The molecule has 12 rings (SSSR count). The van der Waals surface area contributed by atoms with E-state index in [0.29, 0.717) is 16.2 Å². The van der Waals surface area contributed by atoms with Crippen molar-refractivity contribution in [3.8, 4) is 0 Å². The summed E-state index contributed by atoms with van der Waals surface area (Å²) in [6, 6.07) is 0. The lowest BCUT2D eigenvalue weighted by molar-refractivity contribution is -0.246. The predicted octanol–water partition coefficient (Wildman–Crippen LogP) is 9.82. The minimum absolute atomic E-state index is 0.576. The third kappa shape index (κ3) is 2.49. The molecule has 0 aromatic rings. The summed E-state index contributed by atoms with van der Waals surface area (Å²) >= 11 is 0. The Labute approximate surface area is 254 Å². The van der Waals surface area contributed by atoms with Crippen molar-refractivity contribution >= 4 is 0 Å². The van der Waals surface area contributed by atoms with Crippen molar-refractivity contribution in [1.29, 1.82) is 0 Å². The maximum absolute atomic E-state index is 2.83. The van der Waals surface area contributed by atoms with Gasteiger partial charge in [-0.05, 0) is 194 Å². The highest BCUT2D eigenvalue weighted by Crippen LogP contribution is 2.90. The van der Waals surface area contributed by atoms with Crippen molar-refractivity contribution in [1.82, 2.24) is 0 Å². The van der Waals surface area contributed by atoms with Crippen LogP contribution < -0.4 is 0 Å². The molecular formula is C42H52. The normalized spacial score (nSPS) is 66.1. The van der Waals surface area contributed by atoms with E-state index < -0.39 is 0 Å². The Balaban J connectivity index is 1.17. The summed E-state index contributed by atoms with van der Waals surface area (Å²) in [7, 11) is 0. The van der Waals surface area contributed by atoms with E-state index in [0.717, 1.165) is 94.7 Å². The molecule has 0 spiro atoms. The van der Waals surface area contributed by atoms with Gasteiger partial charge in [0.05, 0.1) is 0 Å². The molecule has 0 aromatic carbocycles. The van der Waals surface area contributed by atoms with Crippen LogP contribution in [0.3, 0.4) is 0 Å². The number of hydrogen-bond acceptors (Lipinski definition) is 0. The van der Waals surface area contributed by atoms with Crippen LogP contribution in [0.1, 0.15) is 83.5 Å². The first-order chi connectivity index (χ1) is 20.7. The van der Waals surface area contributed by atoms with Gasteiger partial charge in [0.2, 0.25) is 0 Å². The molecule has 17 unspecified atom stereocenters. The molecule has 0 radical (unpaired) electrons. The highest BCUT2D eigenvalue weighted by Gasteiger charge is 2.85.